The average Bonchev–Trinajstić information content (AvgIpc) is 2.47. The van der Waals surface area contributed by atoms with Crippen molar-refractivity contribution in [3.05, 3.63) is 64.7 Å². The molecule has 1 amide bonds. The second-order valence-electron chi connectivity index (χ2n) is 5.06. The summed E-state index contributed by atoms with van der Waals surface area (Å²) in [5, 5.41) is 0. The molecule has 1 aliphatic heterocycles. The second-order valence-corrected chi connectivity index (χ2v) is 5.06. The van der Waals surface area contributed by atoms with Crippen molar-refractivity contribution in [2.24, 2.45) is 0 Å². The molecule has 5 heteroatoms. The number of amides is 1. The quantitative estimate of drug-likeness (QED) is 0.820. The number of nitrogen functional groups attached to an aromatic ring is 1. The molecule has 3 nitrogen and oxygen atoms in total. The Hall–Kier alpha value is -2.43. The number of fused-ring (bicyclic) bond motifs is 1. The summed E-state index contributed by atoms with van der Waals surface area (Å²) < 4.78 is 27.4. The van der Waals surface area contributed by atoms with E-state index in [1.807, 2.05) is 12.1 Å². The van der Waals surface area contributed by atoms with Crippen molar-refractivity contribution in [3.8, 4) is 0 Å². The van der Waals surface area contributed by atoms with Crippen molar-refractivity contribution < 1.29 is 13.6 Å². The van der Waals surface area contributed by atoms with E-state index in [0.717, 1.165) is 23.3 Å². The lowest BCUT2D eigenvalue weighted by molar-refractivity contribution is 0.0725. The first-order chi connectivity index (χ1) is 10.1. The Balaban J connectivity index is 1.93. The zero-order valence-electron chi connectivity index (χ0n) is 11.3. The molecule has 0 unspecified atom stereocenters. The van der Waals surface area contributed by atoms with E-state index in [9.17, 15) is 13.6 Å². The number of rotatable bonds is 1. The fourth-order valence-corrected chi connectivity index (χ4v) is 2.64. The molecule has 1 heterocycles. The summed E-state index contributed by atoms with van der Waals surface area (Å²) in [5.74, 6) is -2.32. The second kappa shape index (κ2) is 5.16. The fraction of sp³-hybridized carbons (Fsp3) is 0.188. The summed E-state index contributed by atoms with van der Waals surface area (Å²) in [7, 11) is 0. The number of halogens is 2. The van der Waals surface area contributed by atoms with Crippen LogP contribution >= 0.6 is 0 Å². The van der Waals surface area contributed by atoms with Gasteiger partial charge >= 0.3 is 0 Å². The van der Waals surface area contributed by atoms with Gasteiger partial charge in [-0.1, -0.05) is 18.2 Å². The highest BCUT2D eigenvalue weighted by atomic mass is 19.1. The van der Waals surface area contributed by atoms with Gasteiger partial charge in [-0.25, -0.2) is 8.78 Å². The first-order valence-electron chi connectivity index (χ1n) is 6.67. The van der Waals surface area contributed by atoms with Crippen LogP contribution in [0.2, 0.25) is 0 Å². The highest BCUT2D eigenvalue weighted by molar-refractivity contribution is 5.95. The summed E-state index contributed by atoms with van der Waals surface area (Å²) >= 11 is 0. The van der Waals surface area contributed by atoms with Crippen LogP contribution in [0.5, 0.6) is 0 Å². The minimum Gasteiger partial charge on any atom is -0.398 e. The maximum absolute atomic E-state index is 13.7. The van der Waals surface area contributed by atoms with Crippen LogP contribution in [0.4, 0.5) is 14.5 Å². The summed E-state index contributed by atoms with van der Waals surface area (Å²) in [5.41, 5.74) is 7.94. The monoisotopic (exact) mass is 288 g/mol. The Morgan fingerprint density at radius 1 is 1.10 bits per heavy atom. The molecule has 1 aliphatic rings. The third kappa shape index (κ3) is 2.35. The first kappa shape index (κ1) is 13.5. The predicted molar refractivity (Wildman–Crippen MR) is 75.7 cm³/mol. The fourth-order valence-electron chi connectivity index (χ4n) is 2.64. The maximum Gasteiger partial charge on any atom is 0.260 e. The van der Waals surface area contributed by atoms with E-state index < -0.39 is 23.1 Å². The lowest BCUT2D eigenvalue weighted by atomic mass is 9.97. The zero-order chi connectivity index (χ0) is 15.0. The van der Waals surface area contributed by atoms with Gasteiger partial charge in [0, 0.05) is 18.8 Å². The molecule has 21 heavy (non-hydrogen) atoms. The third-order valence-electron chi connectivity index (χ3n) is 3.77. The summed E-state index contributed by atoms with van der Waals surface area (Å²) in [6, 6.07) is 8.99. The van der Waals surface area contributed by atoms with Crippen molar-refractivity contribution in [3.63, 3.8) is 0 Å². The third-order valence-corrected chi connectivity index (χ3v) is 3.77. The van der Waals surface area contributed by atoms with Gasteiger partial charge in [-0.05, 0) is 35.7 Å². The van der Waals surface area contributed by atoms with Gasteiger partial charge in [-0.3, -0.25) is 4.79 Å². The van der Waals surface area contributed by atoms with Crippen LogP contribution in [0.3, 0.4) is 0 Å². The van der Waals surface area contributed by atoms with E-state index in [1.165, 1.54) is 11.0 Å². The van der Waals surface area contributed by atoms with Crippen LogP contribution in [0.25, 0.3) is 0 Å². The topological polar surface area (TPSA) is 46.3 Å². The Labute approximate surface area is 121 Å². The van der Waals surface area contributed by atoms with Gasteiger partial charge in [0.15, 0.2) is 0 Å². The minimum absolute atomic E-state index is 0.272. The summed E-state index contributed by atoms with van der Waals surface area (Å²) in [6.07, 6.45) is 0.627. The number of hydrogen-bond donors (Lipinski definition) is 1. The molecule has 0 atom stereocenters. The molecule has 0 bridgehead atoms. The largest absolute Gasteiger partial charge is 0.398 e. The Morgan fingerprint density at radius 2 is 1.76 bits per heavy atom. The molecule has 0 saturated heterocycles. The van der Waals surface area contributed by atoms with E-state index in [-0.39, 0.29) is 6.54 Å². The highest BCUT2D eigenvalue weighted by Gasteiger charge is 2.26. The molecule has 108 valence electrons. The number of anilines is 1. The molecule has 0 aliphatic carbocycles. The van der Waals surface area contributed by atoms with Crippen LogP contribution in [0.1, 0.15) is 21.5 Å². The molecule has 2 aromatic carbocycles. The van der Waals surface area contributed by atoms with Crippen LogP contribution in [-0.2, 0) is 13.0 Å². The van der Waals surface area contributed by atoms with Crippen molar-refractivity contribution >= 4 is 11.6 Å². The van der Waals surface area contributed by atoms with Gasteiger partial charge in [-0.2, -0.15) is 0 Å². The first-order valence-corrected chi connectivity index (χ1v) is 6.67. The number of nitrogens with zero attached hydrogens (tertiary/aromatic N) is 1. The normalized spacial score (nSPS) is 13.9. The smallest absolute Gasteiger partial charge is 0.260 e. The SMILES string of the molecule is Nc1cccc2c1CN(C(=O)c1c(F)cccc1F)CC2. The van der Waals surface area contributed by atoms with Crippen LogP contribution in [0.15, 0.2) is 36.4 Å². The molecule has 0 fully saturated rings. The van der Waals surface area contributed by atoms with Crippen molar-refractivity contribution in [2.75, 3.05) is 12.3 Å². The van der Waals surface area contributed by atoms with Gasteiger partial charge in [0.25, 0.3) is 5.91 Å². The van der Waals surface area contributed by atoms with Gasteiger partial charge in [0.05, 0.1) is 0 Å². The van der Waals surface area contributed by atoms with E-state index in [1.54, 1.807) is 6.07 Å². The standard InChI is InChI=1S/C16H14F2N2O/c17-12-4-2-5-13(18)15(12)16(21)20-8-7-10-3-1-6-14(19)11(10)9-20/h1-6H,7-9,19H2. The highest BCUT2D eigenvalue weighted by Crippen LogP contribution is 2.26. The van der Waals surface area contributed by atoms with Gasteiger partial charge < -0.3 is 10.6 Å². The molecule has 0 aromatic heterocycles. The van der Waals surface area contributed by atoms with E-state index >= 15 is 0 Å². The minimum atomic E-state index is -0.841. The Morgan fingerprint density at radius 3 is 2.48 bits per heavy atom. The number of nitrogens with two attached hydrogens (primary N) is 1. The van der Waals surface area contributed by atoms with Gasteiger partial charge in [0.2, 0.25) is 0 Å². The lowest BCUT2D eigenvalue weighted by Gasteiger charge is -2.30. The number of hydrogen-bond acceptors (Lipinski definition) is 2. The van der Waals surface area contributed by atoms with E-state index in [0.29, 0.717) is 18.7 Å². The molecule has 0 radical (unpaired) electrons. The molecular weight excluding hydrogens is 274 g/mol. The number of carbonyl (C=O) groups excluding carboxylic acids is 1. The van der Waals surface area contributed by atoms with Gasteiger partial charge in [-0.15, -0.1) is 0 Å². The molecule has 2 N–H and O–H groups in total. The van der Waals surface area contributed by atoms with Crippen LogP contribution < -0.4 is 5.73 Å². The molecule has 3 rings (SSSR count). The Bertz CT molecular complexity index is 695. The zero-order valence-corrected chi connectivity index (χ0v) is 11.3. The maximum atomic E-state index is 13.7. The van der Waals surface area contributed by atoms with E-state index in [2.05, 4.69) is 0 Å². The molecule has 0 spiro atoms. The molecule has 2 aromatic rings. The van der Waals surface area contributed by atoms with Crippen molar-refractivity contribution in [2.45, 2.75) is 13.0 Å². The molecule has 0 saturated carbocycles. The van der Waals surface area contributed by atoms with Crippen LogP contribution in [-0.4, -0.2) is 17.4 Å². The number of benzene rings is 2. The summed E-state index contributed by atoms with van der Waals surface area (Å²) in [4.78, 5) is 13.8. The van der Waals surface area contributed by atoms with Crippen molar-refractivity contribution in [1.29, 1.82) is 0 Å². The summed E-state index contributed by atoms with van der Waals surface area (Å²) in [6.45, 7) is 0.692. The lowest BCUT2D eigenvalue weighted by Crippen LogP contribution is -2.37. The average molecular weight is 288 g/mol. The predicted octanol–water partition coefficient (Wildman–Crippen LogP) is 2.75. The van der Waals surface area contributed by atoms with Crippen molar-refractivity contribution in [1.82, 2.24) is 4.90 Å². The number of carbonyl (C=O) groups is 1. The van der Waals surface area contributed by atoms with Gasteiger partial charge in [0.1, 0.15) is 17.2 Å². The van der Waals surface area contributed by atoms with E-state index in [4.69, 9.17) is 5.73 Å². The molecular formula is C16H14F2N2O. The Kier molecular flexibility index (Phi) is 3.33. The van der Waals surface area contributed by atoms with Crippen LogP contribution in [0, 0.1) is 11.6 Å².